The topological polar surface area (TPSA) is 105 Å². The summed E-state index contributed by atoms with van der Waals surface area (Å²) < 4.78 is 5.53. The monoisotopic (exact) mass is 466 g/mol. The Bertz CT molecular complexity index is 961. The maximum atomic E-state index is 12.4. The number of fused-ring (bicyclic) bond motifs is 3. The fourth-order valence-corrected chi connectivity index (χ4v) is 4.51. The zero-order valence-corrected chi connectivity index (χ0v) is 19.9. The minimum absolute atomic E-state index is 0.0173. The highest BCUT2D eigenvalue weighted by molar-refractivity contribution is 5.80. The van der Waals surface area contributed by atoms with Crippen molar-refractivity contribution in [2.45, 2.75) is 57.9 Å². The Morgan fingerprint density at radius 1 is 1.00 bits per heavy atom. The second kappa shape index (κ2) is 12.2. The van der Waals surface area contributed by atoms with Gasteiger partial charge in [-0.15, -0.1) is 0 Å². The molecule has 1 aliphatic rings. The van der Waals surface area contributed by atoms with Crippen LogP contribution in [0.3, 0.4) is 0 Å². The quantitative estimate of drug-likeness (QED) is 0.393. The molecule has 0 aliphatic heterocycles. The van der Waals surface area contributed by atoms with Crippen molar-refractivity contribution in [1.82, 2.24) is 10.6 Å². The van der Waals surface area contributed by atoms with Crippen molar-refractivity contribution in [1.29, 1.82) is 0 Å². The second-order valence-corrected chi connectivity index (χ2v) is 8.89. The van der Waals surface area contributed by atoms with Gasteiger partial charge in [-0.2, -0.15) is 0 Å². The molecule has 0 heterocycles. The molecule has 34 heavy (non-hydrogen) atoms. The number of ether oxygens (including phenoxy) is 1. The summed E-state index contributed by atoms with van der Waals surface area (Å²) >= 11 is 0. The maximum absolute atomic E-state index is 12.4. The minimum Gasteiger partial charge on any atom is -0.481 e. The van der Waals surface area contributed by atoms with Gasteiger partial charge in [0.1, 0.15) is 6.61 Å². The van der Waals surface area contributed by atoms with Crippen LogP contribution in [0.4, 0.5) is 4.79 Å². The van der Waals surface area contributed by atoms with E-state index in [4.69, 9.17) is 9.84 Å². The van der Waals surface area contributed by atoms with Crippen LogP contribution in [-0.4, -0.2) is 42.3 Å². The van der Waals surface area contributed by atoms with Crippen molar-refractivity contribution in [2.75, 3.05) is 13.2 Å². The van der Waals surface area contributed by atoms with Crippen molar-refractivity contribution < 1.29 is 24.2 Å². The zero-order valence-electron chi connectivity index (χ0n) is 19.9. The Labute approximate surface area is 200 Å². The lowest BCUT2D eigenvalue weighted by Crippen LogP contribution is -2.39. The largest absolute Gasteiger partial charge is 0.481 e. The Hall–Kier alpha value is -3.35. The molecule has 3 N–H and O–H groups in total. The van der Waals surface area contributed by atoms with Crippen LogP contribution >= 0.6 is 0 Å². The standard InChI is InChI=1S/C27H34N2O5/c1-3-9-19(16-25(30)31)29-26(32)18(2)10-8-15-28-27(33)34-17-24-22-13-6-4-11-20(22)21-12-5-7-14-23(21)24/h4-7,11-14,18-19,24H,3,8-10,15-17H2,1-2H3,(H,28,33)(H,29,32)(H,30,31). The first-order valence-electron chi connectivity index (χ1n) is 12.0. The molecule has 182 valence electrons. The molecule has 3 rings (SSSR count). The first kappa shape index (κ1) is 25.3. The van der Waals surface area contributed by atoms with E-state index in [1.165, 1.54) is 22.3 Å². The molecule has 7 nitrogen and oxygen atoms in total. The predicted molar refractivity (Wildman–Crippen MR) is 131 cm³/mol. The lowest BCUT2D eigenvalue weighted by molar-refractivity contribution is -0.137. The third-order valence-corrected chi connectivity index (χ3v) is 6.28. The van der Waals surface area contributed by atoms with Crippen LogP contribution in [0.15, 0.2) is 48.5 Å². The average molecular weight is 467 g/mol. The first-order chi connectivity index (χ1) is 16.4. The number of hydrogen-bond donors (Lipinski definition) is 3. The molecule has 2 unspecified atom stereocenters. The summed E-state index contributed by atoms with van der Waals surface area (Å²) in [5.41, 5.74) is 4.70. The van der Waals surface area contributed by atoms with E-state index in [9.17, 15) is 14.4 Å². The van der Waals surface area contributed by atoms with E-state index in [1.807, 2.05) is 38.1 Å². The third kappa shape index (κ3) is 6.59. The Balaban J connectivity index is 1.40. The van der Waals surface area contributed by atoms with Crippen molar-refractivity contribution >= 4 is 18.0 Å². The number of carboxylic acid groups (broad SMARTS) is 1. The number of carbonyl (C=O) groups excluding carboxylic acids is 2. The van der Waals surface area contributed by atoms with Gasteiger partial charge in [-0.3, -0.25) is 9.59 Å². The Morgan fingerprint density at radius 2 is 1.62 bits per heavy atom. The first-order valence-corrected chi connectivity index (χ1v) is 12.0. The highest BCUT2D eigenvalue weighted by Gasteiger charge is 2.29. The average Bonchev–Trinajstić information content (AvgIpc) is 3.14. The molecule has 2 amide bonds. The molecule has 0 fully saturated rings. The second-order valence-electron chi connectivity index (χ2n) is 8.89. The SMILES string of the molecule is CCCC(CC(=O)O)NC(=O)C(C)CCCNC(=O)OCC1c2ccccc2-c2ccccc21. The van der Waals surface area contributed by atoms with Crippen molar-refractivity contribution in [2.24, 2.45) is 5.92 Å². The van der Waals surface area contributed by atoms with E-state index in [0.29, 0.717) is 25.8 Å². The van der Waals surface area contributed by atoms with Gasteiger partial charge in [-0.05, 0) is 41.5 Å². The summed E-state index contributed by atoms with van der Waals surface area (Å²) in [7, 11) is 0. The van der Waals surface area contributed by atoms with Crippen molar-refractivity contribution in [3.63, 3.8) is 0 Å². The molecule has 2 atom stereocenters. The van der Waals surface area contributed by atoms with E-state index in [1.54, 1.807) is 0 Å². The van der Waals surface area contributed by atoms with Gasteiger partial charge in [0, 0.05) is 24.4 Å². The summed E-state index contributed by atoms with van der Waals surface area (Å²) in [6.45, 7) is 4.44. The van der Waals surface area contributed by atoms with Gasteiger partial charge >= 0.3 is 12.1 Å². The van der Waals surface area contributed by atoms with Crippen LogP contribution in [0.25, 0.3) is 11.1 Å². The number of hydrogen-bond acceptors (Lipinski definition) is 4. The summed E-state index contributed by atoms with van der Waals surface area (Å²) in [4.78, 5) is 35.6. The predicted octanol–water partition coefficient (Wildman–Crippen LogP) is 4.70. The molecule has 0 aromatic heterocycles. The lowest BCUT2D eigenvalue weighted by atomic mass is 9.98. The number of amides is 2. The normalized spacial score (nSPS) is 13.9. The van der Waals surface area contributed by atoms with E-state index in [0.717, 1.165) is 6.42 Å². The summed E-state index contributed by atoms with van der Waals surface area (Å²) in [6, 6.07) is 16.0. The van der Waals surface area contributed by atoms with E-state index in [2.05, 4.69) is 34.9 Å². The molecule has 1 aliphatic carbocycles. The number of nitrogens with one attached hydrogen (secondary N) is 2. The van der Waals surface area contributed by atoms with Gasteiger partial charge < -0.3 is 20.5 Å². The molecule has 0 radical (unpaired) electrons. The number of aliphatic carboxylic acids is 1. The van der Waals surface area contributed by atoms with E-state index < -0.39 is 12.1 Å². The molecule has 2 aromatic rings. The Kier molecular flexibility index (Phi) is 9.08. The maximum Gasteiger partial charge on any atom is 0.407 e. The van der Waals surface area contributed by atoms with Crippen LogP contribution in [-0.2, 0) is 14.3 Å². The summed E-state index contributed by atoms with van der Waals surface area (Å²) in [6.07, 6.45) is 2.10. The van der Waals surface area contributed by atoms with Gasteiger partial charge in [0.15, 0.2) is 0 Å². The van der Waals surface area contributed by atoms with Gasteiger partial charge in [0.2, 0.25) is 5.91 Å². The number of carbonyl (C=O) groups is 3. The van der Waals surface area contributed by atoms with E-state index in [-0.39, 0.29) is 36.8 Å². The molecule has 0 saturated heterocycles. The minimum atomic E-state index is -0.918. The summed E-state index contributed by atoms with van der Waals surface area (Å²) in [5.74, 6) is -1.32. The third-order valence-electron chi connectivity index (χ3n) is 6.28. The molecule has 0 saturated carbocycles. The number of rotatable bonds is 12. The van der Waals surface area contributed by atoms with Crippen molar-refractivity contribution in [3.05, 3.63) is 59.7 Å². The fourth-order valence-electron chi connectivity index (χ4n) is 4.51. The number of carboxylic acids is 1. The smallest absolute Gasteiger partial charge is 0.407 e. The molecule has 0 spiro atoms. The zero-order chi connectivity index (χ0) is 24.5. The van der Waals surface area contributed by atoms with Gasteiger partial charge in [-0.25, -0.2) is 4.79 Å². The van der Waals surface area contributed by atoms with Crippen LogP contribution in [0.2, 0.25) is 0 Å². The van der Waals surface area contributed by atoms with Crippen LogP contribution in [0.1, 0.15) is 63.0 Å². The molecule has 0 bridgehead atoms. The highest BCUT2D eigenvalue weighted by Crippen LogP contribution is 2.44. The molecular formula is C27H34N2O5. The molecular weight excluding hydrogens is 432 g/mol. The highest BCUT2D eigenvalue weighted by atomic mass is 16.5. The van der Waals surface area contributed by atoms with Gasteiger partial charge in [-0.1, -0.05) is 68.8 Å². The van der Waals surface area contributed by atoms with Crippen molar-refractivity contribution in [3.8, 4) is 11.1 Å². The molecule has 7 heteroatoms. The fraction of sp³-hybridized carbons (Fsp3) is 0.444. The van der Waals surface area contributed by atoms with Crippen LogP contribution in [0.5, 0.6) is 0 Å². The van der Waals surface area contributed by atoms with Crippen LogP contribution in [0, 0.1) is 5.92 Å². The molecule has 2 aromatic carbocycles. The Morgan fingerprint density at radius 3 is 2.21 bits per heavy atom. The number of benzene rings is 2. The lowest BCUT2D eigenvalue weighted by Gasteiger charge is -2.19. The number of alkyl carbamates (subject to hydrolysis) is 1. The van der Waals surface area contributed by atoms with E-state index >= 15 is 0 Å². The van der Waals surface area contributed by atoms with Gasteiger partial charge in [0.25, 0.3) is 0 Å². The summed E-state index contributed by atoms with van der Waals surface area (Å²) in [5, 5.41) is 14.6. The van der Waals surface area contributed by atoms with Crippen LogP contribution < -0.4 is 10.6 Å². The van der Waals surface area contributed by atoms with Gasteiger partial charge in [0.05, 0.1) is 6.42 Å².